The number of pyridine rings is 1. The molecule has 0 bridgehead atoms. The van der Waals surface area contributed by atoms with Crippen molar-refractivity contribution in [3.8, 4) is 0 Å². The second-order valence-corrected chi connectivity index (χ2v) is 3.03. The molecular weight excluding hydrogens is 307 g/mol. The number of hydrogen-bond donors (Lipinski definition) is 0. The predicted octanol–water partition coefficient (Wildman–Crippen LogP) is 5.39. The van der Waals surface area contributed by atoms with E-state index in [2.05, 4.69) is 17.6 Å². The Morgan fingerprint density at radius 2 is 1.79 bits per heavy atom. The van der Waals surface area contributed by atoms with Gasteiger partial charge in [0.05, 0.1) is 0 Å². The van der Waals surface area contributed by atoms with Gasteiger partial charge in [0, 0.05) is 32.7 Å². The van der Waals surface area contributed by atoms with Gasteiger partial charge in [0.1, 0.15) is 0 Å². The van der Waals surface area contributed by atoms with E-state index < -0.39 is 0 Å². The second-order valence-electron chi connectivity index (χ2n) is 3.03. The fourth-order valence-corrected chi connectivity index (χ4v) is 0.967. The summed E-state index contributed by atoms with van der Waals surface area (Å²) in [5.74, 6) is 0. The van der Waals surface area contributed by atoms with Crippen LogP contribution < -0.4 is 0 Å². The maximum atomic E-state index is 4.25. The van der Waals surface area contributed by atoms with Gasteiger partial charge in [0.2, 0.25) is 0 Å². The SMILES string of the molecule is C=C(/C=C\C=C/C)c1c[c-]c(C)cn1.CC.CC.[Y]. The first kappa shape index (κ1) is 23.6. The molecule has 1 heterocycles. The maximum Gasteiger partial charge on any atom is 0 e. The standard InChI is InChI=1S/C13H14N.2C2H6.Y/c1-4-5-6-7-12(3)13-9-8-11(2)10-14-13;2*1-2;/h4-7,9-10H,3H2,1-2H3;2*1-2H3;/q-1;;;/b5-4-,7-6-;;;. The fourth-order valence-electron chi connectivity index (χ4n) is 0.967. The van der Waals surface area contributed by atoms with Crippen molar-refractivity contribution >= 4 is 5.57 Å². The first-order valence-electron chi connectivity index (χ1n) is 6.57. The summed E-state index contributed by atoms with van der Waals surface area (Å²) in [6.45, 7) is 15.9. The Bertz CT molecular complexity index is 361. The van der Waals surface area contributed by atoms with Crippen LogP contribution in [0.15, 0.2) is 43.1 Å². The largest absolute Gasteiger partial charge is 0.383 e. The first-order chi connectivity index (χ1) is 8.74. The summed E-state index contributed by atoms with van der Waals surface area (Å²) in [5, 5.41) is 0. The molecule has 0 saturated heterocycles. The molecule has 1 nitrogen and oxygen atoms in total. The molecule has 0 aliphatic rings. The summed E-state index contributed by atoms with van der Waals surface area (Å²) in [7, 11) is 0. The zero-order valence-electron chi connectivity index (χ0n) is 13.2. The third-order valence-electron chi connectivity index (χ3n) is 1.76. The van der Waals surface area contributed by atoms with Crippen LogP contribution in [0.3, 0.4) is 0 Å². The smallest absolute Gasteiger partial charge is 0 e. The molecule has 1 aromatic heterocycles. The minimum absolute atomic E-state index is 0. The molecule has 0 unspecified atom stereocenters. The van der Waals surface area contributed by atoms with E-state index in [0.717, 1.165) is 16.8 Å². The van der Waals surface area contributed by atoms with E-state index >= 15 is 0 Å². The average Bonchev–Trinajstić information content (AvgIpc) is 2.44. The number of aryl methyl sites for hydroxylation is 1. The monoisotopic (exact) mass is 333 g/mol. The van der Waals surface area contributed by atoms with Gasteiger partial charge in [-0.05, 0) is 12.6 Å². The van der Waals surface area contributed by atoms with Crippen molar-refractivity contribution in [1.82, 2.24) is 4.98 Å². The van der Waals surface area contributed by atoms with E-state index in [-0.39, 0.29) is 32.7 Å². The number of rotatable bonds is 3. The minimum atomic E-state index is 0. The molecule has 0 spiro atoms. The van der Waals surface area contributed by atoms with Gasteiger partial charge in [-0.3, -0.25) is 0 Å². The van der Waals surface area contributed by atoms with Crippen LogP contribution in [-0.2, 0) is 32.7 Å². The van der Waals surface area contributed by atoms with Gasteiger partial charge in [-0.1, -0.05) is 70.7 Å². The van der Waals surface area contributed by atoms with Gasteiger partial charge in [0.15, 0.2) is 0 Å². The van der Waals surface area contributed by atoms with Crippen LogP contribution >= 0.6 is 0 Å². The average molecular weight is 333 g/mol. The van der Waals surface area contributed by atoms with Crippen LogP contribution in [0.4, 0.5) is 0 Å². The molecule has 0 N–H and O–H groups in total. The summed E-state index contributed by atoms with van der Waals surface area (Å²) in [5.41, 5.74) is 2.81. The van der Waals surface area contributed by atoms with Crippen molar-refractivity contribution in [2.45, 2.75) is 41.5 Å². The van der Waals surface area contributed by atoms with Crippen LogP contribution in [0.25, 0.3) is 5.57 Å². The van der Waals surface area contributed by atoms with E-state index in [4.69, 9.17) is 0 Å². The topological polar surface area (TPSA) is 12.9 Å². The van der Waals surface area contributed by atoms with E-state index in [9.17, 15) is 0 Å². The summed E-state index contributed by atoms with van der Waals surface area (Å²) >= 11 is 0. The molecule has 1 radical (unpaired) electrons. The Balaban J connectivity index is -0.000000467. The predicted molar refractivity (Wildman–Crippen MR) is 83.5 cm³/mol. The van der Waals surface area contributed by atoms with Gasteiger partial charge in [-0.25, -0.2) is 0 Å². The molecular formula is C17H26NY-. The first-order valence-corrected chi connectivity index (χ1v) is 6.57. The molecule has 2 heteroatoms. The second kappa shape index (κ2) is 17.5. The molecule has 0 saturated carbocycles. The number of hydrogen-bond acceptors (Lipinski definition) is 1. The zero-order chi connectivity index (χ0) is 14.4. The third kappa shape index (κ3) is 12.3. The Labute approximate surface area is 144 Å². The molecule has 0 atom stereocenters. The summed E-state index contributed by atoms with van der Waals surface area (Å²) < 4.78 is 0. The molecule has 0 amide bonds. The maximum absolute atomic E-state index is 4.25. The van der Waals surface area contributed by atoms with Gasteiger partial charge >= 0.3 is 0 Å². The summed E-state index contributed by atoms with van der Waals surface area (Å²) in [6.07, 6.45) is 9.61. The van der Waals surface area contributed by atoms with E-state index in [1.165, 1.54) is 0 Å². The minimum Gasteiger partial charge on any atom is -0.383 e. The van der Waals surface area contributed by atoms with Crippen molar-refractivity contribution < 1.29 is 32.7 Å². The van der Waals surface area contributed by atoms with Crippen LogP contribution in [0, 0.1) is 13.0 Å². The third-order valence-corrected chi connectivity index (χ3v) is 1.76. The molecule has 1 rings (SSSR count). The molecule has 0 fully saturated rings. The van der Waals surface area contributed by atoms with Crippen LogP contribution in [-0.4, -0.2) is 4.98 Å². The summed E-state index contributed by atoms with van der Waals surface area (Å²) in [4.78, 5) is 4.25. The Morgan fingerprint density at radius 3 is 2.21 bits per heavy atom. The van der Waals surface area contributed by atoms with Crippen molar-refractivity contribution in [2.24, 2.45) is 0 Å². The fraction of sp³-hybridized carbons (Fsp3) is 0.353. The van der Waals surface area contributed by atoms with Crippen molar-refractivity contribution in [3.63, 3.8) is 0 Å². The molecule has 1 aromatic rings. The Kier molecular flexibility index (Phi) is 21.7. The van der Waals surface area contributed by atoms with Gasteiger partial charge in [-0.15, -0.1) is 12.1 Å². The zero-order valence-corrected chi connectivity index (χ0v) is 16.0. The van der Waals surface area contributed by atoms with Crippen LogP contribution in [0.1, 0.15) is 45.9 Å². The van der Waals surface area contributed by atoms with Crippen molar-refractivity contribution in [2.75, 3.05) is 0 Å². The summed E-state index contributed by atoms with van der Waals surface area (Å²) in [6, 6.07) is 4.95. The molecule has 103 valence electrons. The van der Waals surface area contributed by atoms with E-state index in [1.54, 1.807) is 6.20 Å². The van der Waals surface area contributed by atoms with Crippen molar-refractivity contribution in [3.05, 3.63) is 60.5 Å². The molecule has 0 aromatic carbocycles. The Hall–Kier alpha value is -0.526. The number of nitrogens with zero attached hydrogens (tertiary/aromatic N) is 1. The van der Waals surface area contributed by atoms with Gasteiger partial charge in [-0.2, -0.15) is 12.1 Å². The number of aromatic nitrogens is 1. The number of allylic oxidation sites excluding steroid dienone is 5. The molecule has 0 aliphatic carbocycles. The van der Waals surface area contributed by atoms with Crippen LogP contribution in [0.2, 0.25) is 0 Å². The molecule has 0 aliphatic heterocycles. The molecule has 19 heavy (non-hydrogen) atoms. The van der Waals surface area contributed by atoms with Crippen molar-refractivity contribution in [1.29, 1.82) is 0 Å². The Morgan fingerprint density at radius 1 is 1.21 bits per heavy atom. The normalized spacial score (nSPS) is 8.95. The quantitative estimate of drug-likeness (QED) is 0.534. The van der Waals surface area contributed by atoms with Gasteiger partial charge in [0.25, 0.3) is 0 Å². The van der Waals surface area contributed by atoms with E-state index in [0.29, 0.717) is 0 Å². The van der Waals surface area contributed by atoms with Crippen LogP contribution in [0.5, 0.6) is 0 Å². The van der Waals surface area contributed by atoms with E-state index in [1.807, 2.05) is 71.9 Å². The van der Waals surface area contributed by atoms with Gasteiger partial charge < -0.3 is 4.98 Å².